The third-order valence-electron chi connectivity index (χ3n) is 13.9. The number of nitrogens with one attached hydrogen (secondary N) is 1. The molecule has 4 aliphatic heterocycles. The predicted octanol–water partition coefficient (Wildman–Crippen LogP) is 5.30. The highest BCUT2D eigenvalue weighted by molar-refractivity contribution is 7.91. The Morgan fingerprint density at radius 3 is 2.33 bits per heavy atom. The normalized spacial score (nSPS) is 27.0. The Labute approximate surface area is 335 Å². The number of hydrogen-bond donors (Lipinski definition) is 1. The van der Waals surface area contributed by atoms with Crippen LogP contribution in [0.25, 0.3) is 22.2 Å². The summed E-state index contributed by atoms with van der Waals surface area (Å²) in [5, 5.41) is 0.993. The van der Waals surface area contributed by atoms with Gasteiger partial charge in [0, 0.05) is 80.3 Å². The molecule has 12 nitrogen and oxygen atoms in total. The van der Waals surface area contributed by atoms with E-state index < -0.39 is 30.9 Å². The quantitative estimate of drug-likeness (QED) is 0.241. The molecule has 3 saturated heterocycles. The molecule has 5 heterocycles. The van der Waals surface area contributed by atoms with Crippen molar-refractivity contribution in [2.45, 2.75) is 68.2 Å². The molecule has 6 aliphatic rings. The largest absolute Gasteiger partial charge is 0.497 e. The van der Waals surface area contributed by atoms with E-state index in [1.807, 2.05) is 24.3 Å². The molecule has 0 spiro atoms. The van der Waals surface area contributed by atoms with Crippen molar-refractivity contribution in [3.63, 3.8) is 0 Å². The second kappa shape index (κ2) is 14.2. The van der Waals surface area contributed by atoms with Crippen LogP contribution in [0.2, 0.25) is 0 Å². The average molecular weight is 814 g/mol. The number of aromatic nitrogens is 1. The summed E-state index contributed by atoms with van der Waals surface area (Å²) in [4.78, 5) is 16.2. The topological polar surface area (TPSA) is 130 Å². The zero-order valence-corrected chi connectivity index (χ0v) is 34.1. The number of hydrogen-bond acceptors (Lipinski definition) is 8. The number of likely N-dealkylation sites (tertiary alicyclic amines) is 1. The van der Waals surface area contributed by atoms with Gasteiger partial charge in [-0.05, 0) is 84.0 Å². The van der Waals surface area contributed by atoms with Crippen molar-refractivity contribution in [1.82, 2.24) is 22.8 Å². The zero-order chi connectivity index (χ0) is 39.1. The molecule has 5 fully saturated rings. The van der Waals surface area contributed by atoms with Crippen molar-refractivity contribution >= 4 is 37.0 Å². The fourth-order valence-electron chi connectivity index (χ4n) is 10.9. The van der Waals surface area contributed by atoms with Gasteiger partial charge in [0.2, 0.25) is 10.0 Å². The number of carbonyl (C=O) groups excluding carboxylic acids is 1. The van der Waals surface area contributed by atoms with Crippen LogP contribution >= 0.6 is 0 Å². The van der Waals surface area contributed by atoms with Gasteiger partial charge in [0.25, 0.3) is 5.91 Å². The molecule has 57 heavy (non-hydrogen) atoms. The first-order valence-corrected chi connectivity index (χ1v) is 23.4. The number of morpholine rings is 1. The molecule has 0 radical (unpaired) electrons. The molecular formula is C43H51N5O7S2. The van der Waals surface area contributed by atoms with E-state index >= 15 is 8.42 Å². The van der Waals surface area contributed by atoms with Crippen LogP contribution in [0.15, 0.2) is 66.7 Å². The Kier molecular flexibility index (Phi) is 9.33. The summed E-state index contributed by atoms with van der Waals surface area (Å²) >= 11 is 0. The van der Waals surface area contributed by atoms with Gasteiger partial charge in [-0.3, -0.25) is 9.69 Å². The van der Waals surface area contributed by atoms with Gasteiger partial charge in [0.1, 0.15) is 10.5 Å². The summed E-state index contributed by atoms with van der Waals surface area (Å²) in [7, 11) is -6.24. The number of carbonyl (C=O) groups is 1. The van der Waals surface area contributed by atoms with E-state index in [9.17, 15) is 13.2 Å². The fourth-order valence-corrected chi connectivity index (χ4v) is 14.5. The molecule has 1 aromatic heterocycles. The van der Waals surface area contributed by atoms with Crippen molar-refractivity contribution in [3.05, 3.63) is 89.0 Å². The zero-order valence-electron chi connectivity index (χ0n) is 32.4. The lowest BCUT2D eigenvalue weighted by Crippen LogP contribution is -2.48. The standard InChI is InChI=1S/C43H51N5O7S2/c1-54-34-13-15-35-37(21-34)38-22-43(38,56(50,51)47-26-32-24-45(25-33(32)27-47)23-29-8-4-2-5-9-29)28-48-39-20-31(42(49)44-57(52,53)46-16-18-55-19-17-46)12-14-36(39)40(41(35)48)30-10-6-3-7-11-30/h2,4-5,8-9,12-15,20-21,30,32-33,38H,3,6-7,10-11,16-19,22-28H2,1H3,(H,44,49)/t32-,33+,38?,43?. The van der Waals surface area contributed by atoms with E-state index in [0.717, 1.165) is 73.0 Å². The van der Waals surface area contributed by atoms with Crippen LogP contribution in [0.5, 0.6) is 5.75 Å². The summed E-state index contributed by atoms with van der Waals surface area (Å²) in [6.07, 6.45) is 5.98. The second-order valence-electron chi connectivity index (χ2n) is 17.2. The lowest BCUT2D eigenvalue weighted by atomic mass is 9.81. The predicted molar refractivity (Wildman–Crippen MR) is 218 cm³/mol. The van der Waals surface area contributed by atoms with Crippen LogP contribution < -0.4 is 9.46 Å². The average Bonchev–Trinajstić information content (AvgIpc) is 3.50. The summed E-state index contributed by atoms with van der Waals surface area (Å²) in [6.45, 7) is 4.80. The van der Waals surface area contributed by atoms with Crippen LogP contribution in [0.1, 0.15) is 77.4 Å². The number of methoxy groups -OCH3 is 1. The molecule has 0 bridgehead atoms. The third kappa shape index (κ3) is 6.33. The Morgan fingerprint density at radius 1 is 0.877 bits per heavy atom. The number of fused-ring (bicyclic) bond motifs is 8. The summed E-state index contributed by atoms with van der Waals surface area (Å²) in [6, 6.07) is 22.0. The Hall–Kier alpha value is -3.79. The van der Waals surface area contributed by atoms with Gasteiger partial charge in [0.15, 0.2) is 0 Å². The van der Waals surface area contributed by atoms with Crippen molar-refractivity contribution in [1.29, 1.82) is 0 Å². The van der Waals surface area contributed by atoms with Gasteiger partial charge in [-0.1, -0.05) is 55.7 Å². The van der Waals surface area contributed by atoms with Gasteiger partial charge >= 0.3 is 10.2 Å². The number of nitrogens with zero attached hydrogens (tertiary/aromatic N) is 4. The molecule has 10 rings (SSSR count). The Bertz CT molecular complexity index is 2430. The fraction of sp³-hybridized carbons (Fsp3) is 0.512. The molecule has 4 atom stereocenters. The van der Waals surface area contributed by atoms with Gasteiger partial charge < -0.3 is 14.0 Å². The summed E-state index contributed by atoms with van der Waals surface area (Å²) in [5.41, 5.74) is 6.49. The maximum Gasteiger partial charge on any atom is 0.304 e. The van der Waals surface area contributed by atoms with Crippen molar-refractivity contribution < 1.29 is 31.1 Å². The molecule has 4 aromatic rings. The van der Waals surface area contributed by atoms with Gasteiger partial charge in [-0.15, -0.1) is 0 Å². The first-order chi connectivity index (χ1) is 27.6. The molecule has 14 heteroatoms. The van der Waals surface area contributed by atoms with Crippen molar-refractivity contribution in [2.24, 2.45) is 11.8 Å². The van der Waals surface area contributed by atoms with E-state index in [0.29, 0.717) is 25.3 Å². The highest BCUT2D eigenvalue weighted by Crippen LogP contribution is 2.64. The number of rotatable bonds is 9. The molecule has 302 valence electrons. The highest BCUT2D eigenvalue weighted by Gasteiger charge is 2.68. The molecular weight excluding hydrogens is 763 g/mol. The van der Waals surface area contributed by atoms with E-state index in [1.54, 1.807) is 23.5 Å². The van der Waals surface area contributed by atoms with E-state index in [1.165, 1.54) is 21.9 Å². The number of benzene rings is 3. The molecule has 2 unspecified atom stereocenters. The molecule has 1 amide bonds. The number of amides is 1. The number of sulfonamides is 1. The van der Waals surface area contributed by atoms with E-state index in [4.69, 9.17) is 9.47 Å². The van der Waals surface area contributed by atoms with Crippen LogP contribution in [0.3, 0.4) is 0 Å². The van der Waals surface area contributed by atoms with Crippen LogP contribution in [0.4, 0.5) is 0 Å². The van der Waals surface area contributed by atoms with E-state index in [2.05, 4.69) is 44.5 Å². The third-order valence-corrected chi connectivity index (χ3v) is 18.0. The monoisotopic (exact) mass is 813 g/mol. The first-order valence-electron chi connectivity index (χ1n) is 20.6. The minimum absolute atomic E-state index is 0.172. The maximum atomic E-state index is 15.3. The van der Waals surface area contributed by atoms with Crippen LogP contribution in [-0.2, 0) is 38.1 Å². The molecule has 3 aromatic carbocycles. The minimum atomic E-state index is -4.09. The smallest absolute Gasteiger partial charge is 0.304 e. The maximum absolute atomic E-state index is 15.3. The lowest BCUT2D eigenvalue weighted by molar-refractivity contribution is 0.0719. The highest BCUT2D eigenvalue weighted by atomic mass is 32.2. The second-order valence-corrected chi connectivity index (χ2v) is 21.1. The van der Waals surface area contributed by atoms with Crippen LogP contribution in [-0.4, -0.2) is 105 Å². The van der Waals surface area contributed by atoms with Gasteiger partial charge in [-0.25, -0.2) is 17.4 Å². The minimum Gasteiger partial charge on any atom is -0.497 e. The number of ether oxygens (including phenoxy) is 2. The lowest BCUT2D eigenvalue weighted by Gasteiger charge is -2.27. The molecule has 2 saturated carbocycles. The van der Waals surface area contributed by atoms with Crippen molar-refractivity contribution in [3.8, 4) is 17.0 Å². The molecule has 2 aliphatic carbocycles. The van der Waals surface area contributed by atoms with Gasteiger partial charge in [-0.2, -0.15) is 12.7 Å². The Balaban J connectivity index is 1.04. The SMILES string of the molecule is COc1ccc2c(c1)C1CC1(S(=O)(=O)N1C[C@H]3CN(Cc4ccccc4)C[C@H]3C1)Cn1c-2c(C2CCCCC2)c2ccc(C(=O)NS(=O)(=O)N3CCOCC3)cc21. The summed E-state index contributed by atoms with van der Waals surface area (Å²) < 4.78 is 74.7. The first kappa shape index (κ1) is 37.5. The van der Waals surface area contributed by atoms with Crippen LogP contribution in [0, 0.1) is 11.8 Å². The van der Waals surface area contributed by atoms with Gasteiger partial charge in [0.05, 0.1) is 26.0 Å². The molecule has 1 N–H and O–H groups in total. The van der Waals surface area contributed by atoms with E-state index in [-0.39, 0.29) is 62.1 Å². The summed E-state index contributed by atoms with van der Waals surface area (Å²) in [5.74, 6) is 0.602. The van der Waals surface area contributed by atoms with Crippen molar-refractivity contribution in [2.75, 3.05) is 59.6 Å². The Morgan fingerprint density at radius 2 is 1.61 bits per heavy atom.